The number of H-pyrrole nitrogens is 1. The highest BCUT2D eigenvalue weighted by atomic mass is 16.2. The van der Waals surface area contributed by atoms with Crippen molar-refractivity contribution in [2.24, 2.45) is 0 Å². The van der Waals surface area contributed by atoms with Gasteiger partial charge in [-0.2, -0.15) is 5.10 Å². The van der Waals surface area contributed by atoms with Crippen molar-refractivity contribution in [2.45, 2.75) is 32.2 Å². The fourth-order valence-electron chi connectivity index (χ4n) is 4.08. The Kier molecular flexibility index (Phi) is 3.48. The summed E-state index contributed by atoms with van der Waals surface area (Å²) in [6, 6.07) is 14.9. The maximum Gasteiger partial charge on any atom is 0.233 e. The number of aromatic nitrogens is 2. The number of fused-ring (bicyclic) bond motifs is 2. The molecule has 0 saturated heterocycles. The van der Waals surface area contributed by atoms with Crippen molar-refractivity contribution in [3.63, 3.8) is 0 Å². The summed E-state index contributed by atoms with van der Waals surface area (Å²) < 4.78 is 0. The van der Waals surface area contributed by atoms with Crippen LogP contribution in [0.3, 0.4) is 0 Å². The van der Waals surface area contributed by atoms with Gasteiger partial charge in [0.1, 0.15) is 0 Å². The van der Waals surface area contributed by atoms with Gasteiger partial charge in [-0.1, -0.05) is 30.3 Å². The minimum atomic E-state index is 0.127. The molecule has 1 fully saturated rings. The number of amides is 1. The van der Waals surface area contributed by atoms with Gasteiger partial charge in [0.2, 0.25) is 5.91 Å². The van der Waals surface area contributed by atoms with Crippen LogP contribution < -0.4 is 9.80 Å². The third-order valence-electron chi connectivity index (χ3n) is 5.52. The number of hydrogen-bond donors (Lipinski definition) is 1. The van der Waals surface area contributed by atoms with E-state index < -0.39 is 0 Å². The maximum absolute atomic E-state index is 13.1. The van der Waals surface area contributed by atoms with E-state index in [-0.39, 0.29) is 5.91 Å². The number of anilines is 2. The molecule has 0 radical (unpaired) electrons. The molecule has 1 aromatic heterocycles. The number of aryl methyl sites for hydroxylation is 1. The molecule has 0 unspecified atom stereocenters. The second-order valence-electron chi connectivity index (χ2n) is 7.31. The molecular formula is C21H22N4O. The highest BCUT2D eigenvalue weighted by molar-refractivity contribution is 6.01. The van der Waals surface area contributed by atoms with Crippen molar-refractivity contribution in [3.05, 3.63) is 53.7 Å². The first-order valence-electron chi connectivity index (χ1n) is 9.31. The zero-order valence-corrected chi connectivity index (χ0v) is 14.9. The molecule has 1 amide bonds. The van der Waals surface area contributed by atoms with E-state index >= 15 is 0 Å². The molecule has 1 N–H and O–H groups in total. The fourth-order valence-corrected chi connectivity index (χ4v) is 4.08. The first-order chi connectivity index (χ1) is 12.7. The smallest absolute Gasteiger partial charge is 0.233 e. The molecule has 132 valence electrons. The van der Waals surface area contributed by atoms with Crippen LogP contribution in [0, 0.1) is 6.92 Å². The van der Waals surface area contributed by atoms with Crippen LogP contribution in [0.15, 0.2) is 42.5 Å². The Morgan fingerprint density at radius 1 is 1.15 bits per heavy atom. The molecule has 3 aromatic rings. The van der Waals surface area contributed by atoms with E-state index in [1.807, 2.05) is 29.2 Å². The second-order valence-corrected chi connectivity index (χ2v) is 7.31. The van der Waals surface area contributed by atoms with Crippen molar-refractivity contribution in [1.82, 2.24) is 10.2 Å². The molecule has 2 heterocycles. The molecule has 5 nitrogen and oxygen atoms in total. The van der Waals surface area contributed by atoms with E-state index in [4.69, 9.17) is 0 Å². The molecule has 5 rings (SSSR count). The lowest BCUT2D eigenvalue weighted by atomic mass is 10.1. The van der Waals surface area contributed by atoms with Gasteiger partial charge in [-0.25, -0.2) is 0 Å². The van der Waals surface area contributed by atoms with E-state index in [1.54, 1.807) is 0 Å². The first-order valence-corrected chi connectivity index (χ1v) is 9.31. The van der Waals surface area contributed by atoms with Crippen molar-refractivity contribution in [2.75, 3.05) is 22.9 Å². The summed E-state index contributed by atoms with van der Waals surface area (Å²) in [6.45, 7) is 3.81. The zero-order chi connectivity index (χ0) is 17.7. The quantitative estimate of drug-likeness (QED) is 0.790. The number of carbonyl (C=O) groups is 1. The largest absolute Gasteiger partial charge is 0.365 e. The highest BCUT2D eigenvalue weighted by Crippen LogP contribution is 2.42. The Morgan fingerprint density at radius 2 is 2.00 bits per heavy atom. The van der Waals surface area contributed by atoms with Crippen LogP contribution in [0.5, 0.6) is 0 Å². The van der Waals surface area contributed by atoms with Crippen molar-refractivity contribution < 1.29 is 4.79 Å². The third kappa shape index (κ3) is 2.46. The first kappa shape index (κ1) is 15.4. The lowest BCUT2D eigenvalue weighted by molar-refractivity contribution is -0.118. The molecule has 2 aliphatic rings. The lowest BCUT2D eigenvalue weighted by Gasteiger charge is -2.39. The van der Waals surface area contributed by atoms with E-state index in [9.17, 15) is 4.79 Å². The Hall–Kier alpha value is -2.82. The number of benzene rings is 2. The molecule has 26 heavy (non-hydrogen) atoms. The SMILES string of the molecule is Cc1cccc2c1N(C1CC1)CCN2C(=O)Cc1[nH]nc2ccccc12. The number of nitrogens with one attached hydrogen (secondary N) is 1. The Balaban J connectivity index is 1.47. The molecule has 1 saturated carbocycles. The van der Waals surface area contributed by atoms with Gasteiger partial charge in [0.05, 0.1) is 29.0 Å². The van der Waals surface area contributed by atoms with Crippen LogP contribution in [-0.2, 0) is 11.2 Å². The minimum absolute atomic E-state index is 0.127. The van der Waals surface area contributed by atoms with Gasteiger partial charge >= 0.3 is 0 Å². The lowest BCUT2D eigenvalue weighted by Crippen LogP contribution is -2.45. The Morgan fingerprint density at radius 3 is 2.85 bits per heavy atom. The predicted octanol–water partition coefficient (Wildman–Crippen LogP) is 3.43. The summed E-state index contributed by atoms with van der Waals surface area (Å²) in [5.41, 5.74) is 5.34. The summed E-state index contributed by atoms with van der Waals surface area (Å²) in [4.78, 5) is 17.6. The van der Waals surface area contributed by atoms with Gasteiger partial charge in [0.25, 0.3) is 0 Å². The summed E-state index contributed by atoms with van der Waals surface area (Å²) in [7, 11) is 0. The van der Waals surface area contributed by atoms with Gasteiger partial charge in [-0.3, -0.25) is 9.89 Å². The molecule has 1 aliphatic carbocycles. The Labute approximate surface area is 152 Å². The van der Waals surface area contributed by atoms with Crippen LogP contribution >= 0.6 is 0 Å². The Bertz CT molecular complexity index is 989. The number of para-hydroxylation sites is 2. The molecule has 0 bridgehead atoms. The molecule has 1 aliphatic heterocycles. The molecule has 0 spiro atoms. The molecule has 5 heteroatoms. The molecular weight excluding hydrogens is 324 g/mol. The van der Waals surface area contributed by atoms with Gasteiger partial charge in [0, 0.05) is 24.5 Å². The maximum atomic E-state index is 13.1. The zero-order valence-electron chi connectivity index (χ0n) is 14.9. The summed E-state index contributed by atoms with van der Waals surface area (Å²) in [6.07, 6.45) is 2.88. The molecule has 0 atom stereocenters. The topological polar surface area (TPSA) is 52.2 Å². The van der Waals surface area contributed by atoms with Crippen LogP contribution in [0.4, 0.5) is 11.4 Å². The number of aromatic amines is 1. The number of hydrogen-bond acceptors (Lipinski definition) is 3. The van der Waals surface area contributed by atoms with Crippen LogP contribution in [0.2, 0.25) is 0 Å². The van der Waals surface area contributed by atoms with Crippen molar-refractivity contribution >= 4 is 28.2 Å². The fraction of sp³-hybridized carbons (Fsp3) is 0.333. The van der Waals surface area contributed by atoms with E-state index in [1.165, 1.54) is 24.1 Å². The second kappa shape index (κ2) is 5.87. The standard InChI is InChI=1S/C21H22N4O/c1-14-5-4-8-19-21(14)24(15-9-10-15)11-12-25(19)20(26)13-18-16-6-2-3-7-17(16)22-23-18/h2-8,15H,9-13H2,1H3,(H,22,23). The number of rotatable bonds is 3. The number of nitrogens with zero attached hydrogens (tertiary/aromatic N) is 3. The minimum Gasteiger partial charge on any atom is -0.365 e. The van der Waals surface area contributed by atoms with Crippen molar-refractivity contribution in [1.29, 1.82) is 0 Å². The number of carbonyl (C=O) groups excluding carboxylic acids is 1. The normalized spacial score (nSPS) is 16.8. The van der Waals surface area contributed by atoms with E-state index in [0.29, 0.717) is 12.5 Å². The van der Waals surface area contributed by atoms with Crippen LogP contribution in [0.25, 0.3) is 10.9 Å². The highest BCUT2D eigenvalue weighted by Gasteiger charge is 2.36. The van der Waals surface area contributed by atoms with Gasteiger partial charge in [0.15, 0.2) is 0 Å². The predicted molar refractivity (Wildman–Crippen MR) is 104 cm³/mol. The third-order valence-corrected chi connectivity index (χ3v) is 5.52. The molecule has 2 aromatic carbocycles. The van der Waals surface area contributed by atoms with Gasteiger partial charge < -0.3 is 9.80 Å². The average Bonchev–Trinajstić information content (AvgIpc) is 3.43. The van der Waals surface area contributed by atoms with E-state index in [0.717, 1.165) is 35.4 Å². The summed E-state index contributed by atoms with van der Waals surface area (Å²) in [5.74, 6) is 0.127. The summed E-state index contributed by atoms with van der Waals surface area (Å²) in [5, 5.41) is 8.39. The van der Waals surface area contributed by atoms with E-state index in [2.05, 4.69) is 40.2 Å². The monoisotopic (exact) mass is 346 g/mol. The van der Waals surface area contributed by atoms with Gasteiger partial charge in [-0.15, -0.1) is 0 Å². The van der Waals surface area contributed by atoms with Crippen molar-refractivity contribution in [3.8, 4) is 0 Å². The van der Waals surface area contributed by atoms with Crippen LogP contribution in [0.1, 0.15) is 24.1 Å². The average molecular weight is 346 g/mol. The van der Waals surface area contributed by atoms with Crippen LogP contribution in [-0.4, -0.2) is 35.2 Å². The van der Waals surface area contributed by atoms with Gasteiger partial charge in [-0.05, 0) is 37.5 Å². The summed E-state index contributed by atoms with van der Waals surface area (Å²) >= 11 is 0.